The molecular weight excluding hydrogens is 186 g/mol. The number of aliphatic imine (C=N–C) groups is 1. The summed E-state index contributed by atoms with van der Waals surface area (Å²) in [7, 11) is 0. The van der Waals surface area contributed by atoms with E-state index < -0.39 is 0 Å². The second kappa shape index (κ2) is 5.49. The minimum atomic E-state index is 0.458. The maximum Gasteiger partial charge on any atom is 0.0867 e. The second-order valence-electron chi connectivity index (χ2n) is 4.12. The maximum absolute atomic E-state index is 7.26. The Bertz CT molecular complexity index is 311. The van der Waals surface area contributed by atoms with Gasteiger partial charge in [-0.2, -0.15) is 0 Å². The van der Waals surface area contributed by atoms with Gasteiger partial charge in [-0.25, -0.2) is 0 Å². The van der Waals surface area contributed by atoms with Crippen LogP contribution >= 0.6 is 0 Å². The number of hydrogen-bond donors (Lipinski definition) is 2. The van der Waals surface area contributed by atoms with Crippen LogP contribution < -0.4 is 5.32 Å². The minimum absolute atomic E-state index is 0.458. The number of nitrogens with zero attached hydrogens (tertiary/aromatic N) is 1. The maximum atomic E-state index is 7.26. The predicted octanol–water partition coefficient (Wildman–Crippen LogP) is 2.37. The van der Waals surface area contributed by atoms with Crippen LogP contribution in [0.15, 0.2) is 28.5 Å². The summed E-state index contributed by atoms with van der Waals surface area (Å²) in [6.45, 7) is 7.29. The third-order valence-corrected chi connectivity index (χ3v) is 2.63. The highest BCUT2D eigenvalue weighted by atomic mass is 14.9. The monoisotopic (exact) mass is 205 g/mol. The summed E-state index contributed by atoms with van der Waals surface area (Å²) in [5.74, 6) is 1.05. The average molecular weight is 205 g/mol. The van der Waals surface area contributed by atoms with Gasteiger partial charge in [0.2, 0.25) is 0 Å². The van der Waals surface area contributed by atoms with E-state index in [9.17, 15) is 0 Å². The van der Waals surface area contributed by atoms with E-state index in [0.29, 0.717) is 11.8 Å². The molecule has 0 aromatic rings. The summed E-state index contributed by atoms with van der Waals surface area (Å²) in [5.41, 5.74) is 1.74. The summed E-state index contributed by atoms with van der Waals surface area (Å²) in [6, 6.07) is 0. The van der Waals surface area contributed by atoms with E-state index in [2.05, 4.69) is 31.1 Å². The molecule has 1 rings (SSSR count). The molecule has 0 fully saturated rings. The van der Waals surface area contributed by atoms with Crippen LogP contribution in [-0.2, 0) is 0 Å². The molecule has 82 valence electrons. The van der Waals surface area contributed by atoms with Gasteiger partial charge in [0, 0.05) is 30.7 Å². The summed E-state index contributed by atoms with van der Waals surface area (Å²) in [5, 5.41) is 10.4. The highest BCUT2D eigenvalue weighted by Crippen LogP contribution is 2.13. The lowest BCUT2D eigenvalue weighted by Gasteiger charge is -2.12. The van der Waals surface area contributed by atoms with E-state index in [1.807, 2.05) is 18.5 Å². The topological polar surface area (TPSA) is 48.2 Å². The molecule has 15 heavy (non-hydrogen) atoms. The van der Waals surface area contributed by atoms with Gasteiger partial charge in [0.1, 0.15) is 0 Å². The summed E-state index contributed by atoms with van der Waals surface area (Å²) in [4.78, 5) is 4.41. The molecule has 0 radical (unpaired) electrons. The van der Waals surface area contributed by atoms with Crippen molar-refractivity contribution in [1.82, 2.24) is 5.32 Å². The molecule has 0 amide bonds. The molecule has 0 saturated heterocycles. The van der Waals surface area contributed by atoms with E-state index in [1.54, 1.807) is 0 Å². The Balaban J connectivity index is 2.68. The van der Waals surface area contributed by atoms with Crippen molar-refractivity contribution in [1.29, 1.82) is 5.41 Å². The Morgan fingerprint density at radius 3 is 2.80 bits per heavy atom. The molecule has 1 unspecified atom stereocenters. The minimum Gasteiger partial charge on any atom is -0.386 e. The summed E-state index contributed by atoms with van der Waals surface area (Å²) >= 11 is 0. The highest BCUT2D eigenvalue weighted by Gasteiger charge is 2.06. The van der Waals surface area contributed by atoms with Crippen LogP contribution in [0.25, 0.3) is 0 Å². The van der Waals surface area contributed by atoms with Crippen molar-refractivity contribution < 1.29 is 0 Å². The van der Waals surface area contributed by atoms with Crippen molar-refractivity contribution in [3.63, 3.8) is 0 Å². The molecule has 1 atom stereocenters. The molecule has 1 aliphatic rings. The fourth-order valence-corrected chi connectivity index (χ4v) is 1.13. The molecule has 0 aromatic carbocycles. The van der Waals surface area contributed by atoms with Crippen LogP contribution in [-0.4, -0.2) is 19.0 Å². The first kappa shape index (κ1) is 11.7. The van der Waals surface area contributed by atoms with Gasteiger partial charge in [-0.15, -0.1) is 0 Å². The van der Waals surface area contributed by atoms with Crippen LogP contribution in [0.1, 0.15) is 20.8 Å². The number of dihydropyridines is 1. The highest BCUT2D eigenvalue weighted by molar-refractivity contribution is 5.83. The molecule has 0 aromatic heterocycles. The normalized spacial score (nSPS) is 18.4. The Hall–Kier alpha value is -1.38. The van der Waals surface area contributed by atoms with Gasteiger partial charge in [0.25, 0.3) is 0 Å². The van der Waals surface area contributed by atoms with Crippen molar-refractivity contribution in [3.05, 3.63) is 23.5 Å². The smallest absolute Gasteiger partial charge is 0.0867 e. The molecule has 3 nitrogen and oxygen atoms in total. The number of hydrogen-bond acceptors (Lipinski definition) is 3. The summed E-state index contributed by atoms with van der Waals surface area (Å²) < 4.78 is 0. The van der Waals surface area contributed by atoms with Gasteiger partial charge in [-0.1, -0.05) is 26.8 Å². The molecule has 1 aliphatic heterocycles. The first-order chi connectivity index (χ1) is 7.15. The number of rotatable bonds is 4. The second-order valence-corrected chi connectivity index (χ2v) is 4.12. The van der Waals surface area contributed by atoms with Gasteiger partial charge < -0.3 is 10.7 Å². The zero-order chi connectivity index (χ0) is 11.3. The van der Waals surface area contributed by atoms with Gasteiger partial charge >= 0.3 is 0 Å². The van der Waals surface area contributed by atoms with Gasteiger partial charge in [-0.05, 0) is 11.8 Å². The van der Waals surface area contributed by atoms with Gasteiger partial charge in [0.15, 0.2) is 0 Å². The Labute approximate surface area is 91.5 Å². The van der Waals surface area contributed by atoms with Crippen LogP contribution in [0.4, 0.5) is 0 Å². The van der Waals surface area contributed by atoms with Crippen molar-refractivity contribution in [2.75, 3.05) is 6.54 Å². The van der Waals surface area contributed by atoms with E-state index in [4.69, 9.17) is 5.41 Å². The lowest BCUT2D eigenvalue weighted by atomic mass is 10.00. The SMILES string of the molecule is CC(C)C(C)/C=N\C1=CNCC=C1C=N. The van der Waals surface area contributed by atoms with E-state index >= 15 is 0 Å². The van der Waals surface area contributed by atoms with Crippen molar-refractivity contribution in [3.8, 4) is 0 Å². The molecule has 3 heteroatoms. The number of allylic oxidation sites excluding steroid dienone is 1. The van der Waals surface area contributed by atoms with E-state index in [1.165, 1.54) is 6.21 Å². The van der Waals surface area contributed by atoms with Crippen LogP contribution in [0.3, 0.4) is 0 Å². The van der Waals surface area contributed by atoms with Crippen molar-refractivity contribution in [2.24, 2.45) is 16.8 Å². The first-order valence-electron chi connectivity index (χ1n) is 5.34. The van der Waals surface area contributed by atoms with Crippen molar-refractivity contribution in [2.45, 2.75) is 20.8 Å². The molecular formula is C12H19N3. The Kier molecular flexibility index (Phi) is 4.28. The van der Waals surface area contributed by atoms with E-state index in [-0.39, 0.29) is 0 Å². The molecule has 1 heterocycles. The van der Waals surface area contributed by atoms with Crippen molar-refractivity contribution >= 4 is 12.4 Å². The van der Waals surface area contributed by atoms with Gasteiger partial charge in [-0.3, -0.25) is 4.99 Å². The molecule has 0 aliphatic carbocycles. The van der Waals surface area contributed by atoms with E-state index in [0.717, 1.165) is 17.8 Å². The Morgan fingerprint density at radius 2 is 2.20 bits per heavy atom. The average Bonchev–Trinajstić information content (AvgIpc) is 2.26. The zero-order valence-electron chi connectivity index (χ0n) is 9.62. The van der Waals surface area contributed by atoms with Crippen LogP contribution in [0.2, 0.25) is 0 Å². The quantitative estimate of drug-likeness (QED) is 0.680. The predicted molar refractivity (Wildman–Crippen MR) is 65.4 cm³/mol. The molecule has 0 spiro atoms. The fraction of sp³-hybridized carbons (Fsp3) is 0.500. The zero-order valence-corrected chi connectivity index (χ0v) is 9.62. The lowest BCUT2D eigenvalue weighted by molar-refractivity contribution is 0.540. The van der Waals surface area contributed by atoms with Crippen LogP contribution in [0.5, 0.6) is 0 Å². The fourth-order valence-electron chi connectivity index (χ4n) is 1.13. The molecule has 2 N–H and O–H groups in total. The standard InChI is InChI=1S/C12H19N3/c1-9(2)10(3)7-15-12-8-14-5-4-11(12)6-13/h4,6-10,13-14H,5H2,1-3H3/b13-6?,15-7-. The molecule has 0 bridgehead atoms. The first-order valence-corrected chi connectivity index (χ1v) is 5.34. The lowest BCUT2D eigenvalue weighted by Crippen LogP contribution is -2.13. The van der Waals surface area contributed by atoms with Crippen LogP contribution in [0, 0.1) is 17.2 Å². The third-order valence-electron chi connectivity index (χ3n) is 2.63. The number of nitrogens with one attached hydrogen (secondary N) is 2. The summed E-state index contributed by atoms with van der Waals surface area (Å²) in [6.07, 6.45) is 7.15. The van der Waals surface area contributed by atoms with Gasteiger partial charge in [0.05, 0.1) is 5.70 Å². The largest absolute Gasteiger partial charge is 0.386 e. The third kappa shape index (κ3) is 3.35. The Morgan fingerprint density at radius 1 is 1.47 bits per heavy atom. The molecule has 0 saturated carbocycles.